The first kappa shape index (κ1) is 17.5. The van der Waals surface area contributed by atoms with Crippen LogP contribution in [0.3, 0.4) is 0 Å². The monoisotopic (exact) mass is 388 g/mol. The lowest BCUT2D eigenvalue weighted by Crippen LogP contribution is -2.23. The van der Waals surface area contributed by atoms with Crippen molar-refractivity contribution in [2.24, 2.45) is 0 Å². The molecule has 0 spiro atoms. The molecule has 0 aliphatic heterocycles. The highest BCUT2D eigenvalue weighted by Gasteiger charge is 2.30. The first-order valence-corrected chi connectivity index (χ1v) is 10.7. The zero-order chi connectivity index (χ0) is 18.1. The third-order valence-corrected chi connectivity index (χ3v) is 7.03. The number of hydrogen-bond donors (Lipinski definition) is 1. The quantitative estimate of drug-likeness (QED) is 0.623. The zero-order valence-corrected chi connectivity index (χ0v) is 16.2. The van der Waals surface area contributed by atoms with E-state index in [4.69, 9.17) is 0 Å². The van der Waals surface area contributed by atoms with Crippen LogP contribution in [0.15, 0.2) is 5.16 Å². The average molecular weight is 389 g/mol. The van der Waals surface area contributed by atoms with Gasteiger partial charge in [-0.3, -0.25) is 4.79 Å². The molecule has 1 fully saturated rings. The van der Waals surface area contributed by atoms with Crippen LogP contribution in [0.25, 0.3) is 0 Å². The second-order valence-electron chi connectivity index (χ2n) is 6.77. The van der Waals surface area contributed by atoms with E-state index in [2.05, 4.69) is 26.9 Å². The van der Waals surface area contributed by atoms with Gasteiger partial charge in [0.2, 0.25) is 11.1 Å². The van der Waals surface area contributed by atoms with Crippen molar-refractivity contribution in [3.8, 4) is 6.07 Å². The molecule has 4 rings (SSSR count). The van der Waals surface area contributed by atoms with Gasteiger partial charge in [0, 0.05) is 4.88 Å². The lowest BCUT2D eigenvalue weighted by Gasteiger charge is -2.11. The summed E-state index contributed by atoms with van der Waals surface area (Å²) in [5.74, 6) is -0.117. The molecular formula is C17H20N6OS2. The zero-order valence-electron chi connectivity index (χ0n) is 14.6. The molecule has 0 aromatic carbocycles. The topological polar surface area (TPSA) is 96.5 Å². The predicted octanol–water partition coefficient (Wildman–Crippen LogP) is 3.33. The van der Waals surface area contributed by atoms with Gasteiger partial charge in [0.1, 0.15) is 11.1 Å². The molecule has 7 nitrogen and oxygen atoms in total. The number of thiophene rings is 1. The van der Waals surface area contributed by atoms with Gasteiger partial charge < -0.3 is 5.32 Å². The van der Waals surface area contributed by atoms with Crippen molar-refractivity contribution in [3.05, 3.63) is 16.0 Å². The van der Waals surface area contributed by atoms with Crippen LogP contribution in [-0.2, 0) is 17.6 Å². The summed E-state index contributed by atoms with van der Waals surface area (Å²) in [6.07, 6.45) is 7.59. The van der Waals surface area contributed by atoms with E-state index in [1.165, 1.54) is 23.1 Å². The number of thioether (sulfide) groups is 1. The van der Waals surface area contributed by atoms with Crippen LogP contribution in [-0.4, -0.2) is 31.4 Å². The molecule has 26 heavy (non-hydrogen) atoms. The fourth-order valence-corrected chi connectivity index (χ4v) is 5.29. The summed E-state index contributed by atoms with van der Waals surface area (Å²) in [4.78, 5) is 13.9. The minimum Gasteiger partial charge on any atom is -0.316 e. The van der Waals surface area contributed by atoms with Gasteiger partial charge in [-0.05, 0) is 61.4 Å². The fourth-order valence-electron chi connectivity index (χ4n) is 3.19. The van der Waals surface area contributed by atoms with E-state index >= 15 is 0 Å². The predicted molar refractivity (Wildman–Crippen MR) is 100 cm³/mol. The number of carbonyl (C=O) groups excluding carboxylic acids is 1. The molecular weight excluding hydrogens is 368 g/mol. The Bertz CT molecular complexity index is 863. The van der Waals surface area contributed by atoms with E-state index in [1.807, 2.05) is 11.6 Å². The molecule has 1 unspecified atom stereocenters. The van der Waals surface area contributed by atoms with Gasteiger partial charge in [0.25, 0.3) is 0 Å². The van der Waals surface area contributed by atoms with Crippen molar-refractivity contribution in [1.29, 1.82) is 5.26 Å². The highest BCUT2D eigenvalue weighted by molar-refractivity contribution is 8.00. The number of nitrogens with one attached hydrogen (secondary N) is 1. The number of carbonyl (C=O) groups is 1. The van der Waals surface area contributed by atoms with Gasteiger partial charge in [-0.2, -0.15) is 5.26 Å². The van der Waals surface area contributed by atoms with E-state index in [0.717, 1.165) is 44.1 Å². The molecule has 9 heteroatoms. The lowest BCUT2D eigenvalue weighted by molar-refractivity contribution is -0.115. The normalized spacial score (nSPS) is 17.8. The summed E-state index contributed by atoms with van der Waals surface area (Å²) in [6.45, 7) is 1.84. The van der Waals surface area contributed by atoms with Crippen LogP contribution in [0.2, 0.25) is 0 Å². The van der Waals surface area contributed by atoms with Crippen LogP contribution in [0.5, 0.6) is 0 Å². The molecule has 2 aliphatic carbocycles. The minimum absolute atomic E-state index is 0.117. The number of rotatable bonds is 5. The standard InChI is InChI=1S/C17H20N6OS2/c1-10(25-17-20-21-22-23(17)11-7-8-11)15(24)19-16-13(9-18)12-5-3-2-4-6-14(12)26-16/h10-11H,2-8H2,1H3,(H,19,24). The molecule has 136 valence electrons. The van der Waals surface area contributed by atoms with Gasteiger partial charge in [-0.25, -0.2) is 4.68 Å². The van der Waals surface area contributed by atoms with Crippen molar-refractivity contribution in [2.45, 2.75) is 68.3 Å². The third-order valence-electron chi connectivity index (χ3n) is 4.78. The Morgan fingerprint density at radius 2 is 2.19 bits per heavy atom. The Kier molecular flexibility index (Phi) is 4.96. The number of nitrogens with zero attached hydrogens (tertiary/aromatic N) is 5. The Balaban J connectivity index is 1.47. The molecule has 2 aliphatic rings. The van der Waals surface area contributed by atoms with E-state index in [9.17, 15) is 10.1 Å². The van der Waals surface area contributed by atoms with Crippen LogP contribution in [0, 0.1) is 11.3 Å². The highest BCUT2D eigenvalue weighted by Crippen LogP contribution is 2.39. The van der Waals surface area contributed by atoms with Crippen LogP contribution < -0.4 is 5.32 Å². The second kappa shape index (κ2) is 7.37. The van der Waals surface area contributed by atoms with Gasteiger partial charge in [0.15, 0.2) is 0 Å². The molecule has 0 saturated heterocycles. The number of aryl methyl sites for hydroxylation is 1. The first-order valence-electron chi connectivity index (χ1n) is 8.97. The average Bonchev–Trinajstić information content (AvgIpc) is 3.35. The van der Waals surface area contributed by atoms with Crippen LogP contribution >= 0.6 is 23.1 Å². The number of tetrazole rings is 1. The summed E-state index contributed by atoms with van der Waals surface area (Å²) in [5, 5.41) is 25.4. The molecule has 1 amide bonds. The number of aromatic nitrogens is 4. The van der Waals surface area contributed by atoms with E-state index in [1.54, 1.807) is 11.3 Å². The summed E-state index contributed by atoms with van der Waals surface area (Å²) in [5.41, 5.74) is 1.79. The SMILES string of the molecule is CC(Sc1nnnn1C1CC1)C(=O)Nc1sc2c(c1C#N)CCCCC2. The van der Waals surface area contributed by atoms with Gasteiger partial charge in [0.05, 0.1) is 16.9 Å². The second-order valence-corrected chi connectivity index (χ2v) is 9.18. The summed E-state index contributed by atoms with van der Waals surface area (Å²) in [6, 6.07) is 2.68. The third kappa shape index (κ3) is 3.48. The number of nitriles is 1. The van der Waals surface area contributed by atoms with E-state index < -0.39 is 0 Å². The van der Waals surface area contributed by atoms with Crippen molar-refractivity contribution >= 4 is 34.0 Å². The van der Waals surface area contributed by atoms with Crippen molar-refractivity contribution < 1.29 is 4.79 Å². The molecule has 0 radical (unpaired) electrons. The smallest absolute Gasteiger partial charge is 0.238 e. The molecule has 0 bridgehead atoms. The molecule has 1 saturated carbocycles. The summed E-state index contributed by atoms with van der Waals surface area (Å²) >= 11 is 2.92. The minimum atomic E-state index is -0.341. The number of amides is 1. The van der Waals surface area contributed by atoms with Gasteiger partial charge >= 0.3 is 0 Å². The Labute approximate surface area is 160 Å². The van der Waals surface area contributed by atoms with Crippen molar-refractivity contribution in [1.82, 2.24) is 20.2 Å². The molecule has 1 atom stereocenters. The Hall–Kier alpha value is -1.92. The maximum absolute atomic E-state index is 12.7. The lowest BCUT2D eigenvalue weighted by atomic mass is 10.1. The Morgan fingerprint density at radius 1 is 1.38 bits per heavy atom. The van der Waals surface area contributed by atoms with Crippen molar-refractivity contribution in [2.75, 3.05) is 5.32 Å². The first-order chi connectivity index (χ1) is 12.7. The van der Waals surface area contributed by atoms with Gasteiger partial charge in [-0.1, -0.05) is 18.2 Å². The summed E-state index contributed by atoms with van der Waals surface area (Å²) in [7, 11) is 0. The van der Waals surface area contributed by atoms with Crippen molar-refractivity contribution in [3.63, 3.8) is 0 Å². The fraction of sp³-hybridized carbons (Fsp3) is 0.588. The van der Waals surface area contributed by atoms with Gasteiger partial charge in [-0.15, -0.1) is 16.4 Å². The van der Waals surface area contributed by atoms with E-state index in [0.29, 0.717) is 21.8 Å². The molecule has 2 aromatic heterocycles. The summed E-state index contributed by atoms with van der Waals surface area (Å²) < 4.78 is 1.81. The molecule has 2 aromatic rings. The number of hydrogen-bond acceptors (Lipinski definition) is 7. The van der Waals surface area contributed by atoms with Crippen LogP contribution in [0.1, 0.15) is 61.1 Å². The maximum Gasteiger partial charge on any atom is 0.238 e. The van der Waals surface area contributed by atoms with E-state index in [-0.39, 0.29) is 11.2 Å². The highest BCUT2D eigenvalue weighted by atomic mass is 32.2. The largest absolute Gasteiger partial charge is 0.316 e. The maximum atomic E-state index is 12.7. The number of fused-ring (bicyclic) bond motifs is 1. The van der Waals surface area contributed by atoms with Crippen LogP contribution in [0.4, 0.5) is 5.00 Å². The molecule has 1 N–H and O–H groups in total. The number of anilines is 1. The molecule has 2 heterocycles. The Morgan fingerprint density at radius 3 is 2.96 bits per heavy atom.